The van der Waals surface area contributed by atoms with E-state index in [0.29, 0.717) is 0 Å². The van der Waals surface area contributed by atoms with Gasteiger partial charge in [0, 0.05) is 0 Å². The number of hydrogen-bond donors (Lipinski definition) is 0. The molecule has 0 aromatic carbocycles. The number of allylic oxidation sites excluding steroid dienone is 4. The van der Waals surface area contributed by atoms with Crippen LogP contribution in [0, 0.1) is 5.92 Å². The van der Waals surface area contributed by atoms with Crippen LogP contribution in [-0.4, -0.2) is 0 Å². The van der Waals surface area contributed by atoms with Crippen molar-refractivity contribution in [2.24, 2.45) is 5.92 Å². The number of rotatable bonds is 0. The quantitative estimate of drug-likeness (QED) is 0.475. The minimum absolute atomic E-state index is 0.816. The highest BCUT2D eigenvalue weighted by Crippen LogP contribution is 2.39. The minimum Gasteiger partial charge on any atom is -0.0998 e. The Morgan fingerprint density at radius 3 is 2.83 bits per heavy atom. The van der Waals surface area contributed by atoms with Crippen molar-refractivity contribution in [2.75, 3.05) is 0 Å². The van der Waals surface area contributed by atoms with Gasteiger partial charge in [-0.15, -0.1) is 0 Å². The molecule has 0 aliphatic heterocycles. The molecule has 1 saturated carbocycles. The molecule has 0 radical (unpaired) electrons. The van der Waals surface area contributed by atoms with Crippen LogP contribution in [-0.2, 0) is 0 Å². The minimum atomic E-state index is 0.816. The lowest BCUT2D eigenvalue weighted by Crippen LogP contribution is -2.15. The lowest BCUT2D eigenvalue weighted by Gasteiger charge is -2.30. The summed E-state index contributed by atoms with van der Waals surface area (Å²) in [7, 11) is 0. The normalized spacial score (nSPS) is 29.7. The highest BCUT2D eigenvalue weighted by atomic mass is 14.3. The van der Waals surface area contributed by atoms with Crippen LogP contribution in [0.4, 0.5) is 0 Å². The molecule has 12 heavy (non-hydrogen) atoms. The van der Waals surface area contributed by atoms with E-state index in [1.807, 2.05) is 0 Å². The van der Waals surface area contributed by atoms with Gasteiger partial charge in [0.1, 0.15) is 0 Å². The van der Waals surface area contributed by atoms with E-state index in [0.717, 1.165) is 5.92 Å². The summed E-state index contributed by atoms with van der Waals surface area (Å²) >= 11 is 0. The fourth-order valence-corrected chi connectivity index (χ4v) is 2.28. The van der Waals surface area contributed by atoms with Crippen LogP contribution in [0.5, 0.6) is 0 Å². The van der Waals surface area contributed by atoms with Gasteiger partial charge in [-0.2, -0.15) is 0 Å². The second kappa shape index (κ2) is 2.93. The van der Waals surface area contributed by atoms with Crippen LogP contribution in [0.25, 0.3) is 0 Å². The highest BCUT2D eigenvalue weighted by molar-refractivity contribution is 5.30. The average molecular weight is 160 g/mol. The van der Waals surface area contributed by atoms with Gasteiger partial charge in [0.15, 0.2) is 0 Å². The molecular formula is C12H16. The first-order valence-corrected chi connectivity index (χ1v) is 4.80. The third kappa shape index (κ3) is 1.38. The summed E-state index contributed by atoms with van der Waals surface area (Å²) in [4.78, 5) is 0. The standard InChI is InChI=1S/C12H16/c1-9-3-5-12-8-10(2)4-6-11(12)7-9/h7,12H,1-6,8H2. The van der Waals surface area contributed by atoms with Gasteiger partial charge in [0.2, 0.25) is 0 Å². The van der Waals surface area contributed by atoms with Gasteiger partial charge in [-0.3, -0.25) is 0 Å². The fourth-order valence-electron chi connectivity index (χ4n) is 2.28. The Hall–Kier alpha value is -0.780. The van der Waals surface area contributed by atoms with E-state index in [9.17, 15) is 0 Å². The molecule has 0 spiro atoms. The average Bonchev–Trinajstić information content (AvgIpc) is 2.05. The summed E-state index contributed by atoms with van der Waals surface area (Å²) in [5, 5.41) is 0. The lowest BCUT2D eigenvalue weighted by atomic mass is 9.75. The van der Waals surface area contributed by atoms with E-state index in [4.69, 9.17) is 0 Å². The fraction of sp³-hybridized carbons (Fsp3) is 0.500. The number of fused-ring (bicyclic) bond motifs is 1. The second-order valence-electron chi connectivity index (χ2n) is 4.07. The zero-order chi connectivity index (χ0) is 8.55. The van der Waals surface area contributed by atoms with Gasteiger partial charge in [0.05, 0.1) is 0 Å². The Morgan fingerprint density at radius 2 is 2.00 bits per heavy atom. The Balaban J connectivity index is 2.18. The monoisotopic (exact) mass is 160 g/mol. The van der Waals surface area contributed by atoms with Crippen molar-refractivity contribution in [3.05, 3.63) is 36.0 Å². The summed E-state index contributed by atoms with van der Waals surface area (Å²) in [6.45, 7) is 8.10. The molecule has 1 fully saturated rings. The topological polar surface area (TPSA) is 0 Å². The molecule has 1 atom stereocenters. The van der Waals surface area contributed by atoms with Gasteiger partial charge in [-0.05, 0) is 38.0 Å². The van der Waals surface area contributed by atoms with Gasteiger partial charge in [-0.25, -0.2) is 0 Å². The molecular weight excluding hydrogens is 144 g/mol. The molecule has 0 saturated heterocycles. The van der Waals surface area contributed by atoms with E-state index in [1.165, 1.54) is 43.3 Å². The van der Waals surface area contributed by atoms with E-state index < -0.39 is 0 Å². The van der Waals surface area contributed by atoms with Crippen molar-refractivity contribution in [3.8, 4) is 0 Å². The largest absolute Gasteiger partial charge is 0.0998 e. The molecule has 0 heteroatoms. The number of hydrogen-bond acceptors (Lipinski definition) is 0. The van der Waals surface area contributed by atoms with Crippen molar-refractivity contribution in [1.82, 2.24) is 0 Å². The molecule has 2 rings (SSSR count). The molecule has 64 valence electrons. The maximum absolute atomic E-state index is 4.07. The van der Waals surface area contributed by atoms with Crippen LogP contribution < -0.4 is 0 Å². The summed E-state index contributed by atoms with van der Waals surface area (Å²) in [6, 6.07) is 0. The first-order valence-electron chi connectivity index (χ1n) is 4.80. The Morgan fingerprint density at radius 1 is 1.17 bits per heavy atom. The predicted octanol–water partition coefficient (Wildman–Crippen LogP) is 3.62. The van der Waals surface area contributed by atoms with Gasteiger partial charge in [0.25, 0.3) is 0 Å². The van der Waals surface area contributed by atoms with Crippen LogP contribution in [0.1, 0.15) is 32.1 Å². The second-order valence-corrected chi connectivity index (χ2v) is 4.07. The molecule has 0 amide bonds. The van der Waals surface area contributed by atoms with Crippen molar-refractivity contribution >= 4 is 0 Å². The van der Waals surface area contributed by atoms with E-state index in [1.54, 1.807) is 5.57 Å². The summed E-state index contributed by atoms with van der Waals surface area (Å²) in [6.07, 6.45) is 8.50. The Labute approximate surface area is 74.7 Å². The summed E-state index contributed by atoms with van der Waals surface area (Å²) in [5.41, 5.74) is 4.41. The maximum atomic E-state index is 4.07. The van der Waals surface area contributed by atoms with Crippen LogP contribution in [0.2, 0.25) is 0 Å². The van der Waals surface area contributed by atoms with Crippen molar-refractivity contribution in [2.45, 2.75) is 32.1 Å². The summed E-state index contributed by atoms with van der Waals surface area (Å²) in [5.74, 6) is 0.816. The van der Waals surface area contributed by atoms with Crippen LogP contribution >= 0.6 is 0 Å². The van der Waals surface area contributed by atoms with Crippen LogP contribution in [0.3, 0.4) is 0 Å². The van der Waals surface area contributed by atoms with Crippen LogP contribution in [0.15, 0.2) is 36.0 Å². The van der Waals surface area contributed by atoms with Gasteiger partial charge >= 0.3 is 0 Å². The smallest absolute Gasteiger partial charge is 0.0160 e. The SMILES string of the molecule is C=C1C=C2CCC(=C)CC2CC1. The van der Waals surface area contributed by atoms with E-state index >= 15 is 0 Å². The molecule has 2 aliphatic carbocycles. The van der Waals surface area contributed by atoms with Crippen molar-refractivity contribution < 1.29 is 0 Å². The molecule has 2 aliphatic rings. The highest BCUT2D eigenvalue weighted by Gasteiger charge is 2.23. The molecule has 0 aromatic rings. The third-order valence-corrected chi connectivity index (χ3v) is 3.03. The predicted molar refractivity (Wildman–Crippen MR) is 52.9 cm³/mol. The zero-order valence-electron chi connectivity index (χ0n) is 7.60. The molecule has 0 nitrogen and oxygen atoms in total. The van der Waals surface area contributed by atoms with Crippen molar-refractivity contribution in [3.63, 3.8) is 0 Å². The van der Waals surface area contributed by atoms with E-state index in [2.05, 4.69) is 19.2 Å². The van der Waals surface area contributed by atoms with E-state index in [-0.39, 0.29) is 0 Å². The molecule has 0 bridgehead atoms. The maximum Gasteiger partial charge on any atom is -0.0160 e. The van der Waals surface area contributed by atoms with Crippen molar-refractivity contribution in [1.29, 1.82) is 0 Å². The van der Waals surface area contributed by atoms with Gasteiger partial charge in [-0.1, -0.05) is 36.0 Å². The zero-order valence-corrected chi connectivity index (χ0v) is 7.60. The lowest BCUT2D eigenvalue weighted by molar-refractivity contribution is 0.482. The Kier molecular flexibility index (Phi) is 1.92. The summed E-state index contributed by atoms with van der Waals surface area (Å²) < 4.78 is 0. The molecule has 1 unspecified atom stereocenters. The molecule has 0 N–H and O–H groups in total. The molecule has 0 aromatic heterocycles. The first kappa shape index (κ1) is 7.85. The Bertz CT molecular complexity index is 255. The molecule has 0 heterocycles. The first-order chi connectivity index (χ1) is 5.75. The van der Waals surface area contributed by atoms with Gasteiger partial charge < -0.3 is 0 Å². The third-order valence-electron chi connectivity index (χ3n) is 3.03.